The molecule has 78 valence electrons. The number of aryl methyl sites for hydroxylation is 1. The molecule has 0 bridgehead atoms. The van der Waals surface area contributed by atoms with Gasteiger partial charge in [0.05, 0.1) is 7.11 Å². The number of allylic oxidation sites excluding steroid dienone is 1. The Bertz CT molecular complexity index is 432. The number of hydrogen-bond donors (Lipinski definition) is 1. The van der Waals surface area contributed by atoms with Gasteiger partial charge in [-0.3, -0.25) is 0 Å². The number of carbonyl (C=O) groups is 1. The Morgan fingerprint density at radius 1 is 1.47 bits per heavy atom. The first kappa shape index (κ1) is 9.77. The maximum atomic E-state index is 10.6. The highest BCUT2D eigenvalue weighted by Crippen LogP contribution is 2.34. The average Bonchev–Trinajstić information content (AvgIpc) is 2.60. The van der Waals surface area contributed by atoms with Crippen molar-refractivity contribution in [3.05, 3.63) is 35.4 Å². The second kappa shape index (κ2) is 3.77. The van der Waals surface area contributed by atoms with Crippen LogP contribution in [0.1, 0.15) is 17.5 Å². The van der Waals surface area contributed by atoms with Crippen LogP contribution in [0, 0.1) is 0 Å². The van der Waals surface area contributed by atoms with E-state index in [0.717, 1.165) is 29.7 Å². The van der Waals surface area contributed by atoms with E-state index in [1.54, 1.807) is 7.11 Å². The fourth-order valence-electron chi connectivity index (χ4n) is 1.90. The maximum absolute atomic E-state index is 10.6. The number of benzene rings is 1. The van der Waals surface area contributed by atoms with Crippen molar-refractivity contribution in [2.75, 3.05) is 7.11 Å². The second-order valence-corrected chi connectivity index (χ2v) is 3.53. The smallest absolute Gasteiger partial charge is 0.328 e. The summed E-state index contributed by atoms with van der Waals surface area (Å²) in [4.78, 5) is 10.6. The molecule has 0 unspecified atom stereocenters. The summed E-state index contributed by atoms with van der Waals surface area (Å²) in [6, 6.07) is 5.80. The molecule has 1 aromatic rings. The Morgan fingerprint density at radius 2 is 2.27 bits per heavy atom. The van der Waals surface area contributed by atoms with Gasteiger partial charge in [-0.2, -0.15) is 0 Å². The zero-order chi connectivity index (χ0) is 10.8. The molecule has 0 aliphatic heterocycles. The number of hydrogen-bond acceptors (Lipinski definition) is 2. The number of rotatable bonds is 2. The lowest BCUT2D eigenvalue weighted by molar-refractivity contribution is -0.131. The van der Waals surface area contributed by atoms with Gasteiger partial charge in [0.2, 0.25) is 0 Å². The molecule has 0 radical (unpaired) electrons. The van der Waals surface area contributed by atoms with E-state index in [-0.39, 0.29) is 0 Å². The molecule has 0 heterocycles. The third-order valence-corrected chi connectivity index (χ3v) is 2.62. The molecule has 0 saturated heterocycles. The van der Waals surface area contributed by atoms with Crippen LogP contribution in [0.3, 0.4) is 0 Å². The van der Waals surface area contributed by atoms with Crippen molar-refractivity contribution in [2.24, 2.45) is 0 Å². The van der Waals surface area contributed by atoms with Crippen LogP contribution in [0.5, 0.6) is 5.75 Å². The van der Waals surface area contributed by atoms with E-state index in [1.807, 2.05) is 18.2 Å². The summed E-state index contributed by atoms with van der Waals surface area (Å²) < 4.78 is 5.12. The molecule has 1 N–H and O–H groups in total. The molecule has 0 amide bonds. The van der Waals surface area contributed by atoms with Crippen LogP contribution in [0.25, 0.3) is 5.57 Å². The number of aliphatic carboxylic acids is 1. The third kappa shape index (κ3) is 1.86. The minimum absolute atomic E-state index is 0.770. The number of methoxy groups -OCH3 is 1. The number of fused-ring (bicyclic) bond motifs is 1. The van der Waals surface area contributed by atoms with Crippen LogP contribution in [0.2, 0.25) is 0 Å². The minimum atomic E-state index is -0.888. The fourth-order valence-corrected chi connectivity index (χ4v) is 1.90. The van der Waals surface area contributed by atoms with Gasteiger partial charge in [-0.15, -0.1) is 0 Å². The Kier molecular flexibility index (Phi) is 2.46. The van der Waals surface area contributed by atoms with Gasteiger partial charge in [-0.25, -0.2) is 4.79 Å². The minimum Gasteiger partial charge on any atom is -0.497 e. The predicted octanol–water partition coefficient (Wildman–Crippen LogP) is 2.11. The summed E-state index contributed by atoms with van der Waals surface area (Å²) in [5, 5.41) is 8.72. The van der Waals surface area contributed by atoms with Gasteiger partial charge < -0.3 is 9.84 Å². The summed E-state index contributed by atoms with van der Waals surface area (Å²) in [7, 11) is 1.61. The topological polar surface area (TPSA) is 46.5 Å². The second-order valence-electron chi connectivity index (χ2n) is 3.53. The fraction of sp³-hybridized carbons (Fsp3) is 0.250. The summed E-state index contributed by atoms with van der Waals surface area (Å²) in [5.41, 5.74) is 3.09. The molecule has 0 aromatic heterocycles. The van der Waals surface area contributed by atoms with E-state index < -0.39 is 5.97 Å². The molecular formula is C12H12O3. The zero-order valence-electron chi connectivity index (χ0n) is 8.49. The Morgan fingerprint density at radius 3 is 2.93 bits per heavy atom. The van der Waals surface area contributed by atoms with Crippen molar-refractivity contribution >= 4 is 11.5 Å². The van der Waals surface area contributed by atoms with Crippen molar-refractivity contribution < 1.29 is 14.6 Å². The van der Waals surface area contributed by atoms with E-state index in [2.05, 4.69) is 0 Å². The number of carboxylic acid groups (broad SMARTS) is 1. The van der Waals surface area contributed by atoms with Gasteiger partial charge in [-0.1, -0.05) is 6.07 Å². The van der Waals surface area contributed by atoms with Gasteiger partial charge in [0.1, 0.15) is 5.75 Å². The lowest BCUT2D eigenvalue weighted by Gasteiger charge is -2.04. The van der Waals surface area contributed by atoms with Gasteiger partial charge in [0.25, 0.3) is 0 Å². The molecule has 3 heteroatoms. The van der Waals surface area contributed by atoms with Crippen LogP contribution in [0.15, 0.2) is 24.3 Å². The molecule has 1 aliphatic carbocycles. The summed E-state index contributed by atoms with van der Waals surface area (Å²) in [6.07, 6.45) is 3.00. The average molecular weight is 204 g/mol. The van der Waals surface area contributed by atoms with Gasteiger partial charge in [-0.05, 0) is 41.7 Å². The first-order valence-corrected chi connectivity index (χ1v) is 4.81. The monoisotopic (exact) mass is 204 g/mol. The summed E-state index contributed by atoms with van der Waals surface area (Å²) in [6.45, 7) is 0. The van der Waals surface area contributed by atoms with E-state index in [4.69, 9.17) is 9.84 Å². The van der Waals surface area contributed by atoms with Crippen LogP contribution >= 0.6 is 0 Å². The van der Waals surface area contributed by atoms with Gasteiger partial charge >= 0.3 is 5.97 Å². The van der Waals surface area contributed by atoms with E-state index in [0.29, 0.717) is 0 Å². The molecule has 0 atom stereocenters. The van der Waals surface area contributed by atoms with Crippen molar-refractivity contribution in [1.82, 2.24) is 0 Å². The van der Waals surface area contributed by atoms with Gasteiger partial charge in [0.15, 0.2) is 0 Å². The Hall–Kier alpha value is -1.77. The third-order valence-electron chi connectivity index (χ3n) is 2.62. The summed E-state index contributed by atoms with van der Waals surface area (Å²) in [5.74, 6) is -0.118. The molecule has 1 aromatic carbocycles. The zero-order valence-corrected chi connectivity index (χ0v) is 8.49. The maximum Gasteiger partial charge on any atom is 0.328 e. The lowest BCUT2D eigenvalue weighted by atomic mass is 10.1. The highest BCUT2D eigenvalue weighted by Gasteiger charge is 2.17. The largest absolute Gasteiger partial charge is 0.497 e. The standard InChI is InChI=1S/C12H12O3/c1-15-10-5-4-8-2-3-9(6-12(13)14)11(8)7-10/h4-7H,2-3H2,1H3,(H,13,14). The molecule has 0 saturated carbocycles. The normalized spacial score (nSPS) is 16.5. The number of ether oxygens (including phenoxy) is 1. The lowest BCUT2D eigenvalue weighted by Crippen LogP contribution is -1.90. The Balaban J connectivity index is 2.44. The molecule has 15 heavy (non-hydrogen) atoms. The van der Waals surface area contributed by atoms with Crippen molar-refractivity contribution in [2.45, 2.75) is 12.8 Å². The highest BCUT2D eigenvalue weighted by atomic mass is 16.5. The van der Waals surface area contributed by atoms with Gasteiger partial charge in [0, 0.05) is 6.08 Å². The van der Waals surface area contributed by atoms with Crippen molar-refractivity contribution in [3.63, 3.8) is 0 Å². The van der Waals surface area contributed by atoms with Crippen LogP contribution < -0.4 is 4.74 Å². The first-order chi connectivity index (χ1) is 7.20. The first-order valence-electron chi connectivity index (χ1n) is 4.81. The predicted molar refractivity (Wildman–Crippen MR) is 56.9 cm³/mol. The number of carboxylic acids is 1. The van der Waals surface area contributed by atoms with E-state index >= 15 is 0 Å². The van der Waals surface area contributed by atoms with Crippen LogP contribution in [0.4, 0.5) is 0 Å². The molecule has 0 fully saturated rings. The van der Waals surface area contributed by atoms with E-state index in [1.165, 1.54) is 11.6 Å². The van der Waals surface area contributed by atoms with Crippen molar-refractivity contribution in [1.29, 1.82) is 0 Å². The van der Waals surface area contributed by atoms with Crippen LogP contribution in [-0.2, 0) is 11.2 Å². The van der Waals surface area contributed by atoms with E-state index in [9.17, 15) is 4.79 Å². The Labute approximate surface area is 88.0 Å². The van der Waals surface area contributed by atoms with Crippen molar-refractivity contribution in [3.8, 4) is 5.75 Å². The molecule has 3 nitrogen and oxygen atoms in total. The molecule has 1 aliphatic rings. The summed E-state index contributed by atoms with van der Waals surface area (Å²) >= 11 is 0. The molecule has 2 rings (SSSR count). The molecular weight excluding hydrogens is 192 g/mol. The highest BCUT2D eigenvalue weighted by molar-refractivity contribution is 5.91. The SMILES string of the molecule is COc1ccc2c(c1)C(=CC(=O)O)CC2. The quantitative estimate of drug-likeness (QED) is 0.750. The van der Waals surface area contributed by atoms with Crippen LogP contribution in [-0.4, -0.2) is 18.2 Å². The molecule has 0 spiro atoms.